The molecule has 0 heterocycles. The van der Waals surface area contributed by atoms with Crippen molar-refractivity contribution < 1.29 is 9.53 Å². The molecule has 0 aromatic rings. The molecule has 1 saturated carbocycles. The van der Waals surface area contributed by atoms with Crippen molar-refractivity contribution in [3.63, 3.8) is 0 Å². The Labute approximate surface area is 117 Å². The average molecular weight is 270 g/mol. The van der Waals surface area contributed by atoms with Crippen LogP contribution in [0.1, 0.15) is 45.4 Å². The molecule has 4 nitrogen and oxygen atoms in total. The summed E-state index contributed by atoms with van der Waals surface area (Å²) in [4.78, 5) is 14.1. The number of unbranched alkanes of at least 4 members (excludes halogenated alkanes) is 1. The molecular formula is C15H30N2O2. The van der Waals surface area contributed by atoms with Crippen LogP contribution in [0.5, 0.6) is 0 Å². The zero-order valence-corrected chi connectivity index (χ0v) is 13.0. The van der Waals surface area contributed by atoms with Gasteiger partial charge in [-0.1, -0.05) is 6.42 Å². The molecule has 1 N–H and O–H groups in total. The highest BCUT2D eigenvalue weighted by Crippen LogP contribution is 2.26. The highest BCUT2D eigenvalue weighted by atomic mass is 16.5. The van der Waals surface area contributed by atoms with Crippen LogP contribution in [0.4, 0.5) is 0 Å². The standard InChI is InChI=1S/C15H30N2O2/c1-15(16-2,14(18)19-4)10-5-6-11-17(3)12-13-8-7-9-13/h13,16H,5-12H2,1-4H3. The highest BCUT2D eigenvalue weighted by Gasteiger charge is 2.31. The SMILES string of the molecule is CNC(C)(CCCCN(C)CC1CCC1)C(=O)OC. The molecule has 19 heavy (non-hydrogen) atoms. The summed E-state index contributed by atoms with van der Waals surface area (Å²) in [6, 6.07) is 0. The number of esters is 1. The van der Waals surface area contributed by atoms with E-state index in [0.717, 1.165) is 31.7 Å². The third kappa shape index (κ3) is 5.11. The van der Waals surface area contributed by atoms with Gasteiger partial charge in [-0.25, -0.2) is 0 Å². The van der Waals surface area contributed by atoms with Crippen LogP contribution in [-0.2, 0) is 9.53 Å². The third-order valence-corrected chi connectivity index (χ3v) is 4.45. The summed E-state index contributed by atoms with van der Waals surface area (Å²) in [6.45, 7) is 4.27. The molecule has 0 aromatic heterocycles. The predicted molar refractivity (Wildman–Crippen MR) is 78.2 cm³/mol. The lowest BCUT2D eigenvalue weighted by molar-refractivity contribution is -0.148. The van der Waals surface area contributed by atoms with E-state index in [1.807, 2.05) is 14.0 Å². The first kappa shape index (κ1) is 16.4. The maximum Gasteiger partial charge on any atom is 0.325 e. The van der Waals surface area contributed by atoms with Crippen LogP contribution in [0.3, 0.4) is 0 Å². The maximum absolute atomic E-state index is 11.7. The number of hydrogen-bond acceptors (Lipinski definition) is 4. The summed E-state index contributed by atoms with van der Waals surface area (Å²) in [5, 5.41) is 3.08. The van der Waals surface area contributed by atoms with Gasteiger partial charge < -0.3 is 15.0 Å². The van der Waals surface area contributed by atoms with Gasteiger partial charge >= 0.3 is 5.97 Å². The van der Waals surface area contributed by atoms with E-state index in [0.29, 0.717) is 0 Å². The molecule has 0 aliphatic heterocycles. The van der Waals surface area contributed by atoms with Gasteiger partial charge in [-0.15, -0.1) is 0 Å². The second kappa shape index (κ2) is 7.85. The van der Waals surface area contributed by atoms with Crippen molar-refractivity contribution in [3.8, 4) is 0 Å². The highest BCUT2D eigenvalue weighted by molar-refractivity contribution is 5.80. The molecule has 0 saturated heterocycles. The minimum atomic E-state index is -0.540. The number of methoxy groups -OCH3 is 1. The van der Waals surface area contributed by atoms with Crippen molar-refractivity contribution in [1.29, 1.82) is 0 Å². The Hall–Kier alpha value is -0.610. The van der Waals surface area contributed by atoms with Gasteiger partial charge in [-0.2, -0.15) is 0 Å². The first-order valence-electron chi connectivity index (χ1n) is 7.47. The molecule has 0 spiro atoms. The Morgan fingerprint density at radius 1 is 1.42 bits per heavy atom. The fourth-order valence-electron chi connectivity index (χ4n) is 2.62. The molecule has 0 bridgehead atoms. The molecule has 1 fully saturated rings. The Balaban J connectivity index is 2.15. The lowest BCUT2D eigenvalue weighted by atomic mass is 9.85. The smallest absolute Gasteiger partial charge is 0.325 e. The van der Waals surface area contributed by atoms with Crippen LogP contribution in [0.2, 0.25) is 0 Å². The summed E-state index contributed by atoms with van der Waals surface area (Å²) in [5.41, 5.74) is -0.540. The lowest BCUT2D eigenvalue weighted by Crippen LogP contribution is -2.48. The summed E-state index contributed by atoms with van der Waals surface area (Å²) < 4.78 is 4.85. The third-order valence-electron chi connectivity index (χ3n) is 4.45. The molecule has 1 aliphatic rings. The van der Waals surface area contributed by atoms with Crippen molar-refractivity contribution in [3.05, 3.63) is 0 Å². The predicted octanol–water partition coefficient (Wildman–Crippen LogP) is 2.04. The fourth-order valence-corrected chi connectivity index (χ4v) is 2.62. The largest absolute Gasteiger partial charge is 0.468 e. The zero-order valence-electron chi connectivity index (χ0n) is 13.0. The van der Waals surface area contributed by atoms with E-state index in [2.05, 4.69) is 17.3 Å². The van der Waals surface area contributed by atoms with Crippen LogP contribution >= 0.6 is 0 Å². The first-order chi connectivity index (χ1) is 9.01. The van der Waals surface area contributed by atoms with Crippen LogP contribution in [0.15, 0.2) is 0 Å². The van der Waals surface area contributed by atoms with E-state index in [4.69, 9.17) is 4.74 Å². The average Bonchev–Trinajstić information content (AvgIpc) is 2.37. The Kier molecular flexibility index (Phi) is 6.80. The van der Waals surface area contributed by atoms with Gasteiger partial charge in [-0.3, -0.25) is 4.79 Å². The second-order valence-electron chi connectivity index (χ2n) is 6.09. The number of carbonyl (C=O) groups is 1. The van der Waals surface area contributed by atoms with Crippen LogP contribution < -0.4 is 5.32 Å². The van der Waals surface area contributed by atoms with E-state index in [9.17, 15) is 4.79 Å². The molecule has 0 aromatic carbocycles. The molecular weight excluding hydrogens is 240 g/mol. The summed E-state index contributed by atoms with van der Waals surface area (Å²) in [6.07, 6.45) is 7.24. The maximum atomic E-state index is 11.7. The first-order valence-corrected chi connectivity index (χ1v) is 7.47. The Bertz CT molecular complexity index is 279. The quantitative estimate of drug-likeness (QED) is 0.514. The van der Waals surface area contributed by atoms with Gasteiger partial charge in [0.2, 0.25) is 0 Å². The van der Waals surface area contributed by atoms with Gasteiger partial charge in [0.05, 0.1) is 7.11 Å². The number of nitrogens with zero attached hydrogens (tertiary/aromatic N) is 1. The fraction of sp³-hybridized carbons (Fsp3) is 0.933. The van der Waals surface area contributed by atoms with E-state index < -0.39 is 5.54 Å². The molecule has 112 valence electrons. The van der Waals surface area contributed by atoms with E-state index >= 15 is 0 Å². The number of hydrogen-bond donors (Lipinski definition) is 1. The van der Waals surface area contributed by atoms with Gasteiger partial charge in [0.15, 0.2) is 0 Å². The van der Waals surface area contributed by atoms with Gasteiger partial charge in [-0.05, 0) is 65.6 Å². The number of nitrogens with one attached hydrogen (secondary N) is 1. The minimum Gasteiger partial charge on any atom is -0.468 e. The topological polar surface area (TPSA) is 41.6 Å². The summed E-state index contributed by atoms with van der Waals surface area (Å²) in [7, 11) is 5.47. The Morgan fingerprint density at radius 3 is 2.58 bits per heavy atom. The molecule has 1 unspecified atom stereocenters. The van der Waals surface area contributed by atoms with Crippen molar-refractivity contribution in [1.82, 2.24) is 10.2 Å². The van der Waals surface area contributed by atoms with Crippen LogP contribution in [0.25, 0.3) is 0 Å². The van der Waals surface area contributed by atoms with Gasteiger partial charge in [0.25, 0.3) is 0 Å². The normalized spacial score (nSPS) is 19.0. The molecule has 1 rings (SSSR count). The molecule has 1 atom stereocenters. The summed E-state index contributed by atoms with van der Waals surface area (Å²) >= 11 is 0. The molecule has 0 radical (unpaired) electrons. The van der Waals surface area contributed by atoms with E-state index in [1.54, 1.807) is 0 Å². The number of ether oxygens (including phenoxy) is 1. The molecule has 1 aliphatic carbocycles. The Morgan fingerprint density at radius 2 is 2.11 bits per heavy atom. The van der Waals surface area contributed by atoms with Crippen molar-refractivity contribution >= 4 is 5.97 Å². The number of rotatable bonds is 9. The van der Waals surface area contributed by atoms with E-state index in [1.165, 1.54) is 32.9 Å². The van der Waals surface area contributed by atoms with E-state index in [-0.39, 0.29) is 5.97 Å². The zero-order chi connectivity index (χ0) is 14.3. The summed E-state index contributed by atoms with van der Waals surface area (Å²) in [5.74, 6) is 0.764. The lowest BCUT2D eigenvalue weighted by Gasteiger charge is -2.30. The van der Waals surface area contributed by atoms with Crippen molar-refractivity contribution in [2.24, 2.45) is 5.92 Å². The van der Waals surface area contributed by atoms with Crippen molar-refractivity contribution in [2.75, 3.05) is 34.3 Å². The van der Waals surface area contributed by atoms with Crippen LogP contribution in [0, 0.1) is 5.92 Å². The van der Waals surface area contributed by atoms with Gasteiger partial charge in [0.1, 0.15) is 5.54 Å². The van der Waals surface area contributed by atoms with Crippen molar-refractivity contribution in [2.45, 2.75) is 51.0 Å². The minimum absolute atomic E-state index is 0.169. The molecule has 0 amide bonds. The number of likely N-dealkylation sites (N-methyl/N-ethyl adjacent to an activating group) is 1. The number of carbonyl (C=O) groups excluding carboxylic acids is 1. The second-order valence-corrected chi connectivity index (χ2v) is 6.09. The molecule has 4 heteroatoms. The van der Waals surface area contributed by atoms with Gasteiger partial charge in [0, 0.05) is 6.54 Å². The van der Waals surface area contributed by atoms with Crippen LogP contribution in [-0.4, -0.2) is 50.7 Å². The monoisotopic (exact) mass is 270 g/mol.